The molecule has 0 spiro atoms. The van der Waals surface area contributed by atoms with Crippen LogP contribution in [0.25, 0.3) is 0 Å². The third-order valence-electron chi connectivity index (χ3n) is 4.07. The summed E-state index contributed by atoms with van der Waals surface area (Å²) in [5.41, 5.74) is 1.86. The highest BCUT2D eigenvalue weighted by Gasteiger charge is 2.18. The van der Waals surface area contributed by atoms with Gasteiger partial charge in [0.25, 0.3) is 5.91 Å². The molecule has 3 rings (SSSR count). The maximum absolute atomic E-state index is 12.6. The first-order chi connectivity index (χ1) is 14.0. The lowest BCUT2D eigenvalue weighted by atomic mass is 10.2. The number of nitrogens with zero attached hydrogens (tertiary/aromatic N) is 1. The Morgan fingerprint density at radius 2 is 1.76 bits per heavy atom. The molecule has 2 N–H and O–H groups in total. The lowest BCUT2D eigenvalue weighted by Crippen LogP contribution is -2.24. The zero-order valence-corrected chi connectivity index (χ0v) is 17.3. The summed E-state index contributed by atoms with van der Waals surface area (Å²) in [6.45, 7) is 1.97. The van der Waals surface area contributed by atoms with Gasteiger partial charge >= 0.3 is 0 Å². The summed E-state index contributed by atoms with van der Waals surface area (Å²) in [6, 6.07) is 17.7. The number of carbonyl (C=O) groups is 2. The second-order valence-corrected chi connectivity index (χ2v) is 7.94. The van der Waals surface area contributed by atoms with Gasteiger partial charge in [-0.05, 0) is 55.0 Å². The normalized spacial score (nSPS) is 11.5. The first-order valence-electron chi connectivity index (χ1n) is 9.09. The van der Waals surface area contributed by atoms with Crippen molar-refractivity contribution in [2.45, 2.75) is 23.5 Å². The van der Waals surface area contributed by atoms with Crippen LogP contribution in [0.4, 0.5) is 11.4 Å². The molecule has 1 atom stereocenters. The molecule has 2 aromatic carbocycles. The lowest BCUT2D eigenvalue weighted by Gasteiger charge is -2.15. The quantitative estimate of drug-likeness (QED) is 0.490. The number of aromatic nitrogens is 1. The van der Waals surface area contributed by atoms with Crippen molar-refractivity contribution >= 4 is 46.6 Å². The maximum atomic E-state index is 12.6. The number of nitrogens with one attached hydrogen (secondary N) is 2. The second kappa shape index (κ2) is 10.1. The van der Waals surface area contributed by atoms with Crippen molar-refractivity contribution in [1.82, 2.24) is 4.98 Å². The number of benzene rings is 2. The van der Waals surface area contributed by atoms with Crippen molar-refractivity contribution in [3.63, 3.8) is 0 Å². The number of pyridine rings is 1. The van der Waals surface area contributed by atoms with E-state index in [1.54, 1.807) is 48.8 Å². The SMILES string of the molecule is CCC(Sc1cccc(NC(=O)c2cccc(Cl)c2)c1)C(=O)Nc1ccncc1. The molecule has 7 heteroatoms. The molecule has 5 nitrogen and oxygen atoms in total. The summed E-state index contributed by atoms with van der Waals surface area (Å²) in [6.07, 6.45) is 3.94. The fourth-order valence-corrected chi connectivity index (χ4v) is 3.83. The van der Waals surface area contributed by atoms with Gasteiger partial charge in [-0.15, -0.1) is 11.8 Å². The Balaban J connectivity index is 1.66. The Morgan fingerprint density at radius 3 is 2.48 bits per heavy atom. The first kappa shape index (κ1) is 20.9. The predicted molar refractivity (Wildman–Crippen MR) is 119 cm³/mol. The molecule has 1 unspecified atom stereocenters. The summed E-state index contributed by atoms with van der Waals surface area (Å²) in [4.78, 5) is 29.9. The molecule has 2 amide bonds. The van der Waals surface area contributed by atoms with Crippen LogP contribution in [0.3, 0.4) is 0 Å². The average molecular weight is 426 g/mol. The zero-order chi connectivity index (χ0) is 20.6. The topological polar surface area (TPSA) is 71.1 Å². The number of anilines is 2. The highest BCUT2D eigenvalue weighted by molar-refractivity contribution is 8.00. The monoisotopic (exact) mass is 425 g/mol. The molecule has 0 aliphatic heterocycles. The van der Waals surface area contributed by atoms with Crippen molar-refractivity contribution in [1.29, 1.82) is 0 Å². The fraction of sp³-hybridized carbons (Fsp3) is 0.136. The van der Waals surface area contributed by atoms with Crippen molar-refractivity contribution in [3.8, 4) is 0 Å². The van der Waals surface area contributed by atoms with E-state index < -0.39 is 0 Å². The predicted octanol–water partition coefficient (Wildman–Crippen LogP) is 5.50. The molecule has 0 fully saturated rings. The van der Waals surface area contributed by atoms with Crippen LogP contribution in [0.5, 0.6) is 0 Å². The van der Waals surface area contributed by atoms with Gasteiger partial charge in [0, 0.05) is 39.3 Å². The van der Waals surface area contributed by atoms with E-state index in [9.17, 15) is 9.59 Å². The Hall–Kier alpha value is -2.83. The van der Waals surface area contributed by atoms with Crippen molar-refractivity contribution in [3.05, 3.63) is 83.6 Å². The van der Waals surface area contributed by atoms with E-state index in [1.165, 1.54) is 11.8 Å². The summed E-state index contributed by atoms with van der Waals surface area (Å²) in [5, 5.41) is 6.02. The maximum Gasteiger partial charge on any atom is 0.255 e. The number of halogens is 1. The van der Waals surface area contributed by atoms with Crippen LogP contribution < -0.4 is 10.6 Å². The molecule has 0 saturated carbocycles. The van der Waals surface area contributed by atoms with E-state index in [0.717, 1.165) is 4.90 Å². The number of rotatable bonds is 7. The molecule has 3 aromatic rings. The lowest BCUT2D eigenvalue weighted by molar-refractivity contribution is -0.115. The van der Waals surface area contributed by atoms with E-state index in [-0.39, 0.29) is 17.1 Å². The minimum absolute atomic E-state index is 0.0722. The van der Waals surface area contributed by atoms with Crippen LogP contribution >= 0.6 is 23.4 Å². The average Bonchev–Trinajstić information content (AvgIpc) is 2.73. The number of amides is 2. The van der Waals surface area contributed by atoms with E-state index in [4.69, 9.17) is 11.6 Å². The highest BCUT2D eigenvalue weighted by Crippen LogP contribution is 2.28. The van der Waals surface area contributed by atoms with Gasteiger partial charge in [0.05, 0.1) is 5.25 Å². The molecule has 0 saturated heterocycles. The van der Waals surface area contributed by atoms with Crippen molar-refractivity contribution < 1.29 is 9.59 Å². The highest BCUT2D eigenvalue weighted by atomic mass is 35.5. The standard InChI is InChI=1S/C22H20ClN3O2S/c1-2-20(22(28)25-17-9-11-24-12-10-17)29-19-8-4-7-18(14-19)26-21(27)15-5-3-6-16(23)13-15/h3-14,20H,2H2,1H3,(H,26,27)(H,24,25,28). The Kier molecular flexibility index (Phi) is 7.27. The summed E-state index contributed by atoms with van der Waals surface area (Å²) in [7, 11) is 0. The molecular formula is C22H20ClN3O2S. The van der Waals surface area contributed by atoms with Gasteiger partial charge < -0.3 is 10.6 Å². The summed E-state index contributed by atoms with van der Waals surface area (Å²) in [5.74, 6) is -0.311. The van der Waals surface area contributed by atoms with Gasteiger partial charge in [-0.2, -0.15) is 0 Å². The van der Waals surface area contributed by atoms with Gasteiger partial charge in [0.15, 0.2) is 0 Å². The van der Waals surface area contributed by atoms with Gasteiger partial charge in [-0.25, -0.2) is 0 Å². The number of carbonyl (C=O) groups excluding carboxylic acids is 2. The first-order valence-corrected chi connectivity index (χ1v) is 10.4. The molecule has 1 heterocycles. The summed E-state index contributed by atoms with van der Waals surface area (Å²) < 4.78 is 0. The van der Waals surface area contributed by atoms with Gasteiger partial charge in [-0.3, -0.25) is 14.6 Å². The molecule has 0 bridgehead atoms. The molecule has 29 heavy (non-hydrogen) atoms. The van der Waals surface area contributed by atoms with Crippen molar-refractivity contribution in [2.75, 3.05) is 10.6 Å². The fourth-order valence-electron chi connectivity index (χ4n) is 2.62. The third kappa shape index (κ3) is 6.07. The second-order valence-electron chi connectivity index (χ2n) is 6.23. The van der Waals surface area contributed by atoms with E-state index in [0.29, 0.717) is 28.4 Å². The Labute approximate surface area is 178 Å². The van der Waals surface area contributed by atoms with Gasteiger partial charge in [0.1, 0.15) is 0 Å². The van der Waals surface area contributed by atoms with Crippen LogP contribution in [0.2, 0.25) is 5.02 Å². The largest absolute Gasteiger partial charge is 0.325 e. The number of hydrogen-bond acceptors (Lipinski definition) is 4. The van der Waals surface area contributed by atoms with Gasteiger partial charge in [-0.1, -0.05) is 30.7 Å². The molecule has 0 aliphatic carbocycles. The molecule has 1 aromatic heterocycles. The zero-order valence-electron chi connectivity index (χ0n) is 15.8. The molecule has 148 valence electrons. The van der Waals surface area contributed by atoms with Crippen LogP contribution in [-0.4, -0.2) is 22.0 Å². The van der Waals surface area contributed by atoms with Gasteiger partial charge in [0.2, 0.25) is 5.91 Å². The van der Waals surface area contributed by atoms with Crippen LogP contribution in [0.1, 0.15) is 23.7 Å². The van der Waals surface area contributed by atoms with Crippen LogP contribution in [0, 0.1) is 0 Å². The summed E-state index contributed by atoms with van der Waals surface area (Å²) >= 11 is 7.41. The Bertz CT molecular complexity index is 998. The molecule has 0 radical (unpaired) electrons. The van der Waals surface area contributed by atoms with Crippen molar-refractivity contribution in [2.24, 2.45) is 0 Å². The van der Waals surface area contributed by atoms with E-state index in [2.05, 4.69) is 15.6 Å². The van der Waals surface area contributed by atoms with Crippen LogP contribution in [-0.2, 0) is 4.79 Å². The van der Waals surface area contributed by atoms with E-state index >= 15 is 0 Å². The minimum Gasteiger partial charge on any atom is -0.325 e. The Morgan fingerprint density at radius 1 is 1.00 bits per heavy atom. The number of hydrogen-bond donors (Lipinski definition) is 2. The van der Waals surface area contributed by atoms with E-state index in [1.807, 2.05) is 31.2 Å². The van der Waals surface area contributed by atoms with Crippen LogP contribution in [0.15, 0.2) is 78.0 Å². The number of thioether (sulfide) groups is 1. The third-order valence-corrected chi connectivity index (χ3v) is 5.66. The molecule has 0 aliphatic rings. The minimum atomic E-state index is -0.262. The molecular weight excluding hydrogens is 406 g/mol. The smallest absolute Gasteiger partial charge is 0.255 e.